The first kappa shape index (κ1) is 13.2. The third-order valence-corrected chi connectivity index (χ3v) is 2.66. The third kappa shape index (κ3) is 6.27. The molecule has 0 aromatic rings. The van der Waals surface area contributed by atoms with E-state index in [0.717, 1.165) is 25.0 Å². The molecule has 2 nitrogen and oxygen atoms in total. The molecule has 1 unspecified atom stereocenters. The monoisotopic (exact) mass is 221 g/mol. The van der Waals surface area contributed by atoms with E-state index in [-0.39, 0.29) is 11.8 Å². The molecule has 78 valence electrons. The predicted molar refractivity (Wildman–Crippen MR) is 63.7 cm³/mol. The van der Waals surface area contributed by atoms with Crippen molar-refractivity contribution in [3.05, 3.63) is 0 Å². The van der Waals surface area contributed by atoms with Gasteiger partial charge in [-0.1, -0.05) is 6.42 Å². The Bertz CT molecular complexity index is 142. The second-order valence-electron chi connectivity index (χ2n) is 2.99. The molecular weight excluding hydrogens is 202 g/mol. The largest absolute Gasteiger partial charge is 0.356 e. The summed E-state index contributed by atoms with van der Waals surface area (Å²) in [5, 5.41) is 2.82. The van der Waals surface area contributed by atoms with E-state index >= 15 is 0 Å². The maximum absolute atomic E-state index is 11.4. The molecule has 0 aromatic carbocycles. The number of carbonyl (C=O) groups is 1. The van der Waals surface area contributed by atoms with Crippen LogP contribution in [0.3, 0.4) is 0 Å². The van der Waals surface area contributed by atoms with Crippen LogP contribution in [0.4, 0.5) is 0 Å². The Balaban J connectivity index is 3.67. The van der Waals surface area contributed by atoms with E-state index in [1.807, 2.05) is 6.92 Å². The lowest BCUT2D eigenvalue weighted by molar-refractivity contribution is -0.124. The zero-order valence-corrected chi connectivity index (χ0v) is 9.91. The van der Waals surface area contributed by atoms with Crippen LogP contribution in [0, 0.1) is 5.92 Å². The van der Waals surface area contributed by atoms with Crippen LogP contribution in [0.1, 0.15) is 26.2 Å². The summed E-state index contributed by atoms with van der Waals surface area (Å²) in [6.07, 6.45) is 3.06. The molecule has 0 rings (SSSR count). The fraction of sp³-hybridized carbons (Fsp3) is 0.889. The first-order valence-electron chi connectivity index (χ1n) is 4.75. The van der Waals surface area contributed by atoms with Crippen LogP contribution in [0.5, 0.6) is 0 Å². The van der Waals surface area contributed by atoms with E-state index in [1.54, 1.807) is 0 Å². The van der Waals surface area contributed by atoms with Gasteiger partial charge in [-0.2, -0.15) is 25.3 Å². The van der Waals surface area contributed by atoms with Crippen molar-refractivity contribution in [3.8, 4) is 0 Å². The molecule has 4 heteroatoms. The molecule has 0 saturated carbocycles. The molecule has 0 aromatic heterocycles. The normalized spacial score (nSPS) is 12.5. The van der Waals surface area contributed by atoms with Gasteiger partial charge in [0.15, 0.2) is 0 Å². The lowest BCUT2D eigenvalue weighted by atomic mass is 10.0. The minimum atomic E-state index is 0.0724. The Morgan fingerprint density at radius 1 is 1.38 bits per heavy atom. The first-order valence-corrected chi connectivity index (χ1v) is 6.02. The van der Waals surface area contributed by atoms with E-state index in [1.165, 1.54) is 0 Å². The zero-order valence-electron chi connectivity index (χ0n) is 8.12. The number of unbranched alkanes of at least 4 members (excludes halogenated alkanes) is 1. The van der Waals surface area contributed by atoms with Crippen LogP contribution in [-0.4, -0.2) is 24.0 Å². The van der Waals surface area contributed by atoms with Gasteiger partial charge >= 0.3 is 0 Å². The fourth-order valence-corrected chi connectivity index (χ4v) is 1.70. The van der Waals surface area contributed by atoms with Crippen LogP contribution in [0.15, 0.2) is 0 Å². The lowest BCUT2D eigenvalue weighted by Gasteiger charge is -2.12. The highest BCUT2D eigenvalue weighted by Crippen LogP contribution is 2.10. The van der Waals surface area contributed by atoms with Gasteiger partial charge in [-0.25, -0.2) is 0 Å². The van der Waals surface area contributed by atoms with Gasteiger partial charge in [-0.3, -0.25) is 4.79 Å². The number of hydrogen-bond donors (Lipinski definition) is 3. The molecule has 1 atom stereocenters. The number of carbonyl (C=O) groups excluding carboxylic acids is 1. The summed E-state index contributed by atoms with van der Waals surface area (Å²) in [4.78, 5) is 11.4. The number of hydrogen-bond acceptors (Lipinski definition) is 3. The molecule has 1 amide bonds. The molecule has 0 saturated heterocycles. The second kappa shape index (κ2) is 8.75. The summed E-state index contributed by atoms with van der Waals surface area (Å²) in [5.74, 6) is 1.74. The highest BCUT2D eigenvalue weighted by molar-refractivity contribution is 7.80. The lowest BCUT2D eigenvalue weighted by Crippen LogP contribution is -2.31. The van der Waals surface area contributed by atoms with E-state index in [0.29, 0.717) is 12.3 Å². The highest BCUT2D eigenvalue weighted by Gasteiger charge is 2.14. The minimum absolute atomic E-state index is 0.0724. The van der Waals surface area contributed by atoms with Gasteiger partial charge in [0, 0.05) is 18.2 Å². The van der Waals surface area contributed by atoms with Crippen molar-refractivity contribution in [1.29, 1.82) is 0 Å². The molecule has 0 bridgehead atoms. The van der Waals surface area contributed by atoms with E-state index in [4.69, 9.17) is 0 Å². The van der Waals surface area contributed by atoms with Gasteiger partial charge in [0.05, 0.1) is 0 Å². The van der Waals surface area contributed by atoms with Gasteiger partial charge in [0.2, 0.25) is 5.91 Å². The van der Waals surface area contributed by atoms with Gasteiger partial charge in [0.1, 0.15) is 0 Å². The second-order valence-corrected chi connectivity index (χ2v) is 3.81. The van der Waals surface area contributed by atoms with E-state index < -0.39 is 0 Å². The third-order valence-electron chi connectivity index (χ3n) is 1.90. The minimum Gasteiger partial charge on any atom is -0.356 e. The summed E-state index contributed by atoms with van der Waals surface area (Å²) in [7, 11) is 0. The quantitative estimate of drug-likeness (QED) is 0.444. The molecule has 0 spiro atoms. The fourth-order valence-electron chi connectivity index (χ4n) is 1.13. The number of amides is 1. The predicted octanol–water partition coefficient (Wildman–Crippen LogP) is 1.77. The number of thiol groups is 2. The number of rotatable bonds is 7. The van der Waals surface area contributed by atoms with E-state index in [9.17, 15) is 4.79 Å². The Hall–Kier alpha value is 0.170. The highest BCUT2D eigenvalue weighted by atomic mass is 32.1. The molecule has 0 aliphatic heterocycles. The Labute approximate surface area is 91.7 Å². The SMILES string of the molecule is CCNC(=O)C(CS)CCCCS. The zero-order chi connectivity index (χ0) is 10.1. The van der Waals surface area contributed by atoms with Crippen molar-refractivity contribution < 1.29 is 4.79 Å². The van der Waals surface area contributed by atoms with Crippen molar-refractivity contribution in [1.82, 2.24) is 5.32 Å². The van der Waals surface area contributed by atoms with Gasteiger partial charge < -0.3 is 5.32 Å². The Kier molecular flexibility index (Phi) is 8.87. The summed E-state index contributed by atoms with van der Waals surface area (Å²) in [5.41, 5.74) is 0. The summed E-state index contributed by atoms with van der Waals surface area (Å²) >= 11 is 8.30. The standard InChI is InChI=1S/C9H19NOS2/c1-2-10-9(11)8(7-13)5-3-4-6-12/h8,12-13H,2-7H2,1H3,(H,10,11). The summed E-state index contributed by atoms with van der Waals surface area (Å²) < 4.78 is 0. The molecule has 0 radical (unpaired) electrons. The summed E-state index contributed by atoms with van der Waals surface area (Å²) in [6.45, 7) is 2.64. The van der Waals surface area contributed by atoms with Crippen LogP contribution in [0.25, 0.3) is 0 Å². The molecule has 0 aliphatic carbocycles. The molecule has 13 heavy (non-hydrogen) atoms. The van der Waals surface area contributed by atoms with E-state index in [2.05, 4.69) is 30.6 Å². The maximum Gasteiger partial charge on any atom is 0.223 e. The molecule has 0 fully saturated rings. The maximum atomic E-state index is 11.4. The topological polar surface area (TPSA) is 29.1 Å². The average molecular weight is 221 g/mol. The van der Waals surface area contributed by atoms with Crippen molar-refractivity contribution in [2.24, 2.45) is 5.92 Å². The molecule has 1 N–H and O–H groups in total. The van der Waals surface area contributed by atoms with Crippen molar-refractivity contribution >= 4 is 31.2 Å². The van der Waals surface area contributed by atoms with Gasteiger partial charge in [-0.05, 0) is 25.5 Å². The molecule has 0 aliphatic rings. The average Bonchev–Trinajstić information content (AvgIpc) is 2.13. The van der Waals surface area contributed by atoms with Crippen molar-refractivity contribution in [2.75, 3.05) is 18.1 Å². The van der Waals surface area contributed by atoms with Crippen LogP contribution in [0.2, 0.25) is 0 Å². The van der Waals surface area contributed by atoms with Crippen LogP contribution in [-0.2, 0) is 4.79 Å². The smallest absolute Gasteiger partial charge is 0.223 e. The number of nitrogens with one attached hydrogen (secondary N) is 1. The first-order chi connectivity index (χ1) is 6.26. The van der Waals surface area contributed by atoms with Crippen LogP contribution >= 0.6 is 25.3 Å². The van der Waals surface area contributed by atoms with Crippen molar-refractivity contribution in [3.63, 3.8) is 0 Å². The van der Waals surface area contributed by atoms with Crippen molar-refractivity contribution in [2.45, 2.75) is 26.2 Å². The molecule has 0 heterocycles. The van der Waals surface area contributed by atoms with Gasteiger partial charge in [0.25, 0.3) is 0 Å². The van der Waals surface area contributed by atoms with Crippen LogP contribution < -0.4 is 5.32 Å². The van der Waals surface area contributed by atoms with Gasteiger partial charge in [-0.15, -0.1) is 0 Å². The summed E-state index contributed by atoms with van der Waals surface area (Å²) in [6, 6.07) is 0. The Morgan fingerprint density at radius 3 is 2.54 bits per heavy atom. The molecular formula is C9H19NOS2. The Morgan fingerprint density at radius 2 is 2.08 bits per heavy atom.